The van der Waals surface area contributed by atoms with E-state index >= 15 is 0 Å². The normalized spacial score (nSPS) is 13.5. The highest BCUT2D eigenvalue weighted by Crippen LogP contribution is 2.28. The van der Waals surface area contributed by atoms with Crippen LogP contribution in [0.4, 0.5) is 26.4 Å². The van der Waals surface area contributed by atoms with E-state index in [0.29, 0.717) is 22.0 Å². The fourth-order valence-electron chi connectivity index (χ4n) is 3.78. The lowest BCUT2D eigenvalue weighted by Gasteiger charge is -2.28. The number of halogens is 2. The molecule has 0 atom stereocenters. The van der Waals surface area contributed by atoms with E-state index in [1.807, 2.05) is 0 Å². The van der Waals surface area contributed by atoms with E-state index in [4.69, 9.17) is 21.3 Å². The van der Waals surface area contributed by atoms with Gasteiger partial charge in [-0.05, 0) is 36.4 Å². The van der Waals surface area contributed by atoms with Crippen LogP contribution in [0.25, 0.3) is 11.0 Å². The van der Waals surface area contributed by atoms with Crippen LogP contribution in [-0.2, 0) is 0 Å². The van der Waals surface area contributed by atoms with Gasteiger partial charge in [0.2, 0.25) is 0 Å². The average Bonchev–Trinajstić information content (AvgIpc) is 2.84. The number of aromatic nitrogens is 2. The molecule has 2 amide bonds. The van der Waals surface area contributed by atoms with Crippen molar-refractivity contribution in [2.75, 3.05) is 41.7 Å². The first-order chi connectivity index (χ1) is 17.0. The van der Waals surface area contributed by atoms with E-state index < -0.39 is 11.8 Å². The molecule has 5 rings (SSSR count). The van der Waals surface area contributed by atoms with E-state index in [0.717, 1.165) is 37.5 Å². The third kappa shape index (κ3) is 5.76. The zero-order chi connectivity index (χ0) is 24.2. The van der Waals surface area contributed by atoms with Crippen LogP contribution >= 0.6 is 11.6 Å². The number of piperazine rings is 1. The van der Waals surface area contributed by atoms with E-state index in [1.54, 1.807) is 48.7 Å². The third-order valence-electron chi connectivity index (χ3n) is 5.39. The Morgan fingerprint density at radius 2 is 1.80 bits per heavy atom. The molecular weight excluding hydrogens is 471 g/mol. The van der Waals surface area contributed by atoms with Crippen LogP contribution in [0.15, 0.2) is 66.9 Å². The van der Waals surface area contributed by atoms with Crippen molar-refractivity contribution >= 4 is 45.9 Å². The van der Waals surface area contributed by atoms with Gasteiger partial charge in [0, 0.05) is 60.8 Å². The number of rotatable bonds is 5. The Morgan fingerprint density at radius 1 is 0.971 bits per heavy atom. The number of carbonyl (C=O) groups is 1. The summed E-state index contributed by atoms with van der Waals surface area (Å²) in [4.78, 5) is 23.7. The monoisotopic (exact) mass is 492 g/mol. The van der Waals surface area contributed by atoms with Crippen molar-refractivity contribution in [2.24, 2.45) is 0 Å². The Hall–Kier alpha value is -3.95. The minimum absolute atomic E-state index is 0.230. The van der Waals surface area contributed by atoms with Crippen molar-refractivity contribution in [1.29, 1.82) is 0 Å². The van der Waals surface area contributed by atoms with Gasteiger partial charge >= 0.3 is 6.03 Å². The van der Waals surface area contributed by atoms with E-state index in [9.17, 15) is 9.18 Å². The Bertz CT molecular complexity index is 1380. The van der Waals surface area contributed by atoms with Crippen molar-refractivity contribution < 1.29 is 13.9 Å². The molecule has 1 saturated heterocycles. The number of amides is 2. The minimum Gasteiger partial charge on any atom is -0.457 e. The zero-order valence-corrected chi connectivity index (χ0v) is 19.3. The predicted octanol–water partition coefficient (Wildman–Crippen LogP) is 5.27. The van der Waals surface area contributed by atoms with Crippen LogP contribution in [0.2, 0.25) is 5.02 Å². The van der Waals surface area contributed by atoms with Gasteiger partial charge < -0.3 is 25.6 Å². The molecule has 10 heteroatoms. The maximum Gasteiger partial charge on any atom is 0.323 e. The van der Waals surface area contributed by atoms with Crippen LogP contribution < -0.4 is 25.6 Å². The molecule has 0 saturated carbocycles. The smallest absolute Gasteiger partial charge is 0.323 e. The Balaban J connectivity index is 1.31. The molecule has 4 aromatic rings. The quantitative estimate of drug-likeness (QED) is 0.351. The van der Waals surface area contributed by atoms with Crippen molar-refractivity contribution in [3.63, 3.8) is 0 Å². The predicted molar refractivity (Wildman–Crippen MR) is 135 cm³/mol. The Labute approximate surface area is 206 Å². The number of benzene rings is 3. The van der Waals surface area contributed by atoms with Crippen molar-refractivity contribution in [3.8, 4) is 11.5 Å². The highest BCUT2D eigenvalue weighted by atomic mass is 35.5. The zero-order valence-electron chi connectivity index (χ0n) is 18.6. The summed E-state index contributed by atoms with van der Waals surface area (Å²) in [6, 6.07) is 15.5. The molecule has 0 bridgehead atoms. The second-order valence-corrected chi connectivity index (χ2v) is 8.42. The molecule has 178 valence electrons. The number of nitrogens with zero attached hydrogens (tertiary/aromatic N) is 3. The lowest BCUT2D eigenvalue weighted by atomic mass is 10.2. The topological polar surface area (TPSA) is 91.4 Å². The molecule has 0 radical (unpaired) electrons. The molecule has 2 heterocycles. The van der Waals surface area contributed by atoms with Gasteiger partial charge in [0.05, 0.1) is 17.2 Å². The number of fused-ring (bicyclic) bond motifs is 1. The maximum atomic E-state index is 14.3. The van der Waals surface area contributed by atoms with Crippen LogP contribution in [-0.4, -0.2) is 42.2 Å². The molecule has 0 aliphatic carbocycles. The van der Waals surface area contributed by atoms with Gasteiger partial charge in [-0.15, -0.1) is 0 Å². The van der Waals surface area contributed by atoms with Crippen LogP contribution in [0.3, 0.4) is 0 Å². The molecule has 0 unspecified atom stereocenters. The van der Waals surface area contributed by atoms with Gasteiger partial charge in [-0.2, -0.15) is 0 Å². The van der Waals surface area contributed by atoms with Crippen LogP contribution in [0.1, 0.15) is 0 Å². The van der Waals surface area contributed by atoms with E-state index in [1.165, 1.54) is 18.2 Å². The van der Waals surface area contributed by atoms with Crippen LogP contribution in [0, 0.1) is 5.82 Å². The standard InChI is InChI=1S/C25H22ClFN6O2/c26-16-2-1-3-18(10-16)30-25(34)31-19-11-17(27)12-21(13-19)35-20-4-5-22-23(14-20)32-24(15-29-22)33-8-6-28-7-9-33/h1-5,10-15,28H,6-9H2,(H2,30,31,34). The van der Waals surface area contributed by atoms with Gasteiger partial charge in [0.25, 0.3) is 0 Å². The molecule has 0 spiro atoms. The molecule has 1 fully saturated rings. The van der Waals surface area contributed by atoms with E-state index in [2.05, 4.69) is 25.8 Å². The Kier molecular flexibility index (Phi) is 6.60. The number of anilines is 3. The number of nitrogens with one attached hydrogen (secondary N) is 3. The largest absolute Gasteiger partial charge is 0.457 e. The van der Waals surface area contributed by atoms with Gasteiger partial charge in [-0.25, -0.2) is 14.2 Å². The SMILES string of the molecule is O=C(Nc1cccc(Cl)c1)Nc1cc(F)cc(Oc2ccc3ncc(N4CCNCC4)nc3c2)c1. The molecule has 8 nitrogen and oxygen atoms in total. The number of ether oxygens (including phenoxy) is 1. The summed E-state index contributed by atoms with van der Waals surface area (Å²) in [6.07, 6.45) is 1.77. The number of carbonyl (C=O) groups excluding carboxylic acids is 1. The van der Waals surface area contributed by atoms with Gasteiger partial charge in [-0.1, -0.05) is 17.7 Å². The average molecular weight is 493 g/mol. The van der Waals surface area contributed by atoms with Gasteiger partial charge in [0.15, 0.2) is 0 Å². The summed E-state index contributed by atoms with van der Waals surface area (Å²) in [5.41, 5.74) is 2.16. The minimum atomic E-state index is -0.554. The summed E-state index contributed by atoms with van der Waals surface area (Å²) in [5, 5.41) is 9.06. The van der Waals surface area contributed by atoms with Crippen molar-refractivity contribution in [3.05, 3.63) is 77.7 Å². The van der Waals surface area contributed by atoms with Gasteiger partial charge in [-0.3, -0.25) is 4.98 Å². The second-order valence-electron chi connectivity index (χ2n) is 7.98. The molecule has 3 aromatic carbocycles. The van der Waals surface area contributed by atoms with E-state index in [-0.39, 0.29) is 11.4 Å². The third-order valence-corrected chi connectivity index (χ3v) is 5.62. The highest BCUT2D eigenvalue weighted by molar-refractivity contribution is 6.30. The summed E-state index contributed by atoms with van der Waals surface area (Å²) in [7, 11) is 0. The number of urea groups is 1. The molecule has 1 aromatic heterocycles. The highest BCUT2D eigenvalue weighted by Gasteiger charge is 2.13. The fraction of sp³-hybridized carbons (Fsp3) is 0.160. The molecule has 35 heavy (non-hydrogen) atoms. The number of hydrogen-bond acceptors (Lipinski definition) is 6. The molecule has 1 aliphatic heterocycles. The lowest BCUT2D eigenvalue weighted by Crippen LogP contribution is -2.43. The lowest BCUT2D eigenvalue weighted by molar-refractivity contribution is 0.262. The van der Waals surface area contributed by atoms with Crippen molar-refractivity contribution in [1.82, 2.24) is 15.3 Å². The van der Waals surface area contributed by atoms with Gasteiger partial charge in [0.1, 0.15) is 23.1 Å². The number of hydrogen-bond donors (Lipinski definition) is 3. The summed E-state index contributed by atoms with van der Waals surface area (Å²) >= 11 is 5.94. The molecule has 1 aliphatic rings. The van der Waals surface area contributed by atoms with Crippen LogP contribution in [0.5, 0.6) is 11.5 Å². The first-order valence-electron chi connectivity index (χ1n) is 11.1. The molecular formula is C25H22ClFN6O2. The van der Waals surface area contributed by atoms with Crippen molar-refractivity contribution in [2.45, 2.75) is 0 Å². The summed E-state index contributed by atoms with van der Waals surface area (Å²) < 4.78 is 20.2. The first kappa shape index (κ1) is 22.8. The second kappa shape index (κ2) is 10.1. The molecule has 3 N–H and O–H groups in total. The first-order valence-corrected chi connectivity index (χ1v) is 11.4. The fourth-order valence-corrected chi connectivity index (χ4v) is 3.97. The maximum absolute atomic E-state index is 14.3. The summed E-state index contributed by atoms with van der Waals surface area (Å²) in [6.45, 7) is 3.52. The Morgan fingerprint density at radius 3 is 2.63 bits per heavy atom. The summed E-state index contributed by atoms with van der Waals surface area (Å²) in [5.74, 6) is 0.957.